The lowest BCUT2D eigenvalue weighted by Crippen LogP contribution is -2.59. The number of rotatable bonds is 30. The van der Waals surface area contributed by atoms with E-state index in [1.807, 2.05) is 30.4 Å². The van der Waals surface area contributed by atoms with E-state index in [1.54, 1.807) is 0 Å². The maximum atomic E-state index is 12.7. The minimum atomic E-state index is -1.61. The lowest BCUT2D eigenvalue weighted by molar-refractivity contribution is -0.305. The molecule has 0 aromatic rings. The third kappa shape index (κ3) is 24.3. The molecule has 3 unspecified atom stereocenters. The first-order valence-corrected chi connectivity index (χ1v) is 19.4. The average molecular weight is 721 g/mol. The number of hydrogen-bond donors (Lipinski definition) is 4. The van der Waals surface area contributed by atoms with Gasteiger partial charge in [-0.2, -0.15) is 0 Å². The normalized spacial score (nSPS) is 21.9. The van der Waals surface area contributed by atoms with Gasteiger partial charge in [0.15, 0.2) is 12.4 Å². The molecule has 0 radical (unpaired) electrons. The number of aliphatic hydroxyl groups excluding tert-OH is 4. The SMILES string of the molecule is CC/C=C/C=C/C=C/CCCCCCCC(=O)OC(COC(=O)CC/C=C/C/C=C/CCCCCCCC)CO[C@H]1O[C@@H](CO)[C@@H](O)C(O)C1O. The van der Waals surface area contributed by atoms with Gasteiger partial charge in [0.25, 0.3) is 0 Å². The minimum absolute atomic E-state index is 0.162. The van der Waals surface area contributed by atoms with Crippen molar-refractivity contribution in [3.8, 4) is 0 Å². The van der Waals surface area contributed by atoms with E-state index >= 15 is 0 Å². The van der Waals surface area contributed by atoms with Gasteiger partial charge in [-0.1, -0.05) is 126 Å². The molecule has 0 bridgehead atoms. The number of esters is 2. The standard InChI is InChI=1S/C41H68O10/c1-3-5-7-9-11-13-15-17-19-21-23-25-27-29-36(43)48-32-34(33-49-41-40(47)39(46)38(45)35(31-42)51-41)50-37(44)30-28-26-24-22-20-18-16-14-12-10-8-6-4-2/h6,8,10,12,14,16-17,19,23,25,34-35,38-42,45-47H,3-5,7,9,11,13,15,18,20-22,24,26-33H2,1-2H3/b8-6+,12-10+,16-14+,19-17+,25-23+/t34?,35-,38+,39?,40?,41-/m0/s1. The van der Waals surface area contributed by atoms with Gasteiger partial charge in [0.2, 0.25) is 0 Å². The molecule has 0 aliphatic carbocycles. The molecule has 1 rings (SSSR count). The summed E-state index contributed by atoms with van der Waals surface area (Å²) in [4.78, 5) is 25.1. The van der Waals surface area contributed by atoms with Crippen LogP contribution in [0.4, 0.5) is 0 Å². The van der Waals surface area contributed by atoms with E-state index in [9.17, 15) is 30.0 Å². The van der Waals surface area contributed by atoms with E-state index in [0.29, 0.717) is 12.8 Å². The van der Waals surface area contributed by atoms with E-state index in [0.717, 1.165) is 51.4 Å². The van der Waals surface area contributed by atoms with Crippen molar-refractivity contribution in [2.75, 3.05) is 19.8 Å². The molecule has 4 N–H and O–H groups in total. The molecule has 1 aliphatic heterocycles. The second-order valence-corrected chi connectivity index (χ2v) is 13.1. The number of carbonyl (C=O) groups excluding carboxylic acids is 2. The summed E-state index contributed by atoms with van der Waals surface area (Å²) in [5.74, 6) is -0.917. The highest BCUT2D eigenvalue weighted by molar-refractivity contribution is 5.70. The maximum Gasteiger partial charge on any atom is 0.306 e. The van der Waals surface area contributed by atoms with Crippen molar-refractivity contribution in [1.82, 2.24) is 0 Å². The molecule has 1 fully saturated rings. The summed E-state index contributed by atoms with van der Waals surface area (Å²) in [7, 11) is 0. The molecule has 0 amide bonds. The summed E-state index contributed by atoms with van der Waals surface area (Å²) in [6.45, 7) is 3.16. The Morgan fingerprint density at radius 2 is 1.27 bits per heavy atom. The molecule has 0 aromatic heterocycles. The van der Waals surface area contributed by atoms with Crippen LogP contribution in [0.5, 0.6) is 0 Å². The summed E-state index contributed by atoms with van der Waals surface area (Å²) in [6, 6.07) is 0. The Kier molecular flexibility index (Phi) is 29.2. The number of allylic oxidation sites excluding steroid dienone is 10. The first-order valence-electron chi connectivity index (χ1n) is 19.4. The molecule has 51 heavy (non-hydrogen) atoms. The molecule has 292 valence electrons. The van der Waals surface area contributed by atoms with Gasteiger partial charge in [0, 0.05) is 12.8 Å². The van der Waals surface area contributed by atoms with Gasteiger partial charge in [-0.25, -0.2) is 0 Å². The Labute approximate surface area is 307 Å². The second kappa shape index (κ2) is 32.1. The third-order valence-corrected chi connectivity index (χ3v) is 8.46. The summed E-state index contributed by atoms with van der Waals surface area (Å²) in [5, 5.41) is 39.9. The van der Waals surface area contributed by atoms with Crippen LogP contribution in [0, 0.1) is 0 Å². The zero-order valence-corrected chi connectivity index (χ0v) is 31.3. The summed E-state index contributed by atoms with van der Waals surface area (Å²) >= 11 is 0. The quantitative estimate of drug-likeness (QED) is 0.0262. The van der Waals surface area contributed by atoms with Crippen molar-refractivity contribution >= 4 is 11.9 Å². The smallest absolute Gasteiger partial charge is 0.306 e. The first-order chi connectivity index (χ1) is 24.8. The van der Waals surface area contributed by atoms with Gasteiger partial charge in [-0.3, -0.25) is 9.59 Å². The van der Waals surface area contributed by atoms with Crippen molar-refractivity contribution in [2.24, 2.45) is 0 Å². The number of ether oxygens (including phenoxy) is 4. The lowest BCUT2D eigenvalue weighted by atomic mass is 9.99. The van der Waals surface area contributed by atoms with Gasteiger partial charge in [-0.15, -0.1) is 0 Å². The molecule has 0 aromatic carbocycles. The fourth-order valence-electron chi connectivity index (χ4n) is 5.36. The summed E-state index contributed by atoms with van der Waals surface area (Å²) < 4.78 is 22.0. The van der Waals surface area contributed by atoms with Crippen LogP contribution >= 0.6 is 0 Å². The monoisotopic (exact) mass is 720 g/mol. The Morgan fingerprint density at radius 1 is 0.647 bits per heavy atom. The third-order valence-electron chi connectivity index (χ3n) is 8.46. The minimum Gasteiger partial charge on any atom is -0.462 e. The Hall–Kier alpha value is -2.60. The van der Waals surface area contributed by atoms with Gasteiger partial charge in [0.1, 0.15) is 31.0 Å². The molecule has 6 atom stereocenters. The Bertz CT molecular complexity index is 1020. The zero-order valence-electron chi connectivity index (χ0n) is 31.3. The van der Waals surface area contributed by atoms with Crippen molar-refractivity contribution in [1.29, 1.82) is 0 Å². The van der Waals surface area contributed by atoms with Gasteiger partial charge in [-0.05, 0) is 51.4 Å². The number of aliphatic hydroxyl groups is 4. The van der Waals surface area contributed by atoms with E-state index in [4.69, 9.17) is 18.9 Å². The fourth-order valence-corrected chi connectivity index (χ4v) is 5.36. The summed E-state index contributed by atoms with van der Waals surface area (Å²) in [6.07, 6.45) is 29.6. The highest BCUT2D eigenvalue weighted by Crippen LogP contribution is 2.22. The van der Waals surface area contributed by atoms with E-state index in [2.05, 4.69) is 44.2 Å². The molecule has 0 saturated carbocycles. The Morgan fingerprint density at radius 3 is 1.96 bits per heavy atom. The molecular weight excluding hydrogens is 652 g/mol. The highest BCUT2D eigenvalue weighted by atomic mass is 16.7. The number of hydrogen-bond acceptors (Lipinski definition) is 10. The largest absolute Gasteiger partial charge is 0.462 e. The predicted octanol–water partition coefficient (Wildman–Crippen LogP) is 7.10. The van der Waals surface area contributed by atoms with Crippen LogP contribution in [-0.2, 0) is 28.5 Å². The maximum absolute atomic E-state index is 12.7. The van der Waals surface area contributed by atoms with Crippen LogP contribution in [0.1, 0.15) is 129 Å². The molecule has 1 saturated heterocycles. The van der Waals surface area contributed by atoms with Crippen LogP contribution < -0.4 is 0 Å². The average Bonchev–Trinajstić information content (AvgIpc) is 3.13. The van der Waals surface area contributed by atoms with Gasteiger partial charge >= 0.3 is 11.9 Å². The van der Waals surface area contributed by atoms with E-state index in [-0.39, 0.29) is 26.1 Å². The van der Waals surface area contributed by atoms with Crippen LogP contribution in [-0.4, -0.2) is 89.0 Å². The van der Waals surface area contributed by atoms with Crippen molar-refractivity contribution in [3.63, 3.8) is 0 Å². The summed E-state index contributed by atoms with van der Waals surface area (Å²) in [5.41, 5.74) is 0. The van der Waals surface area contributed by atoms with Crippen molar-refractivity contribution in [3.05, 3.63) is 60.8 Å². The number of unbranched alkanes of at least 4 members (excludes halogenated alkanes) is 11. The molecule has 0 spiro atoms. The van der Waals surface area contributed by atoms with Crippen LogP contribution in [0.2, 0.25) is 0 Å². The molecule has 1 heterocycles. The first kappa shape index (κ1) is 46.4. The highest BCUT2D eigenvalue weighted by Gasteiger charge is 2.44. The van der Waals surface area contributed by atoms with Crippen LogP contribution in [0.3, 0.4) is 0 Å². The molecule has 10 heteroatoms. The second-order valence-electron chi connectivity index (χ2n) is 13.1. The molecular formula is C41H68O10. The lowest BCUT2D eigenvalue weighted by Gasteiger charge is -2.39. The molecule has 10 nitrogen and oxygen atoms in total. The van der Waals surface area contributed by atoms with Crippen molar-refractivity contribution < 1.29 is 49.0 Å². The number of carbonyl (C=O) groups is 2. The van der Waals surface area contributed by atoms with Gasteiger partial charge in [0.05, 0.1) is 13.2 Å². The van der Waals surface area contributed by atoms with E-state index in [1.165, 1.54) is 38.5 Å². The predicted molar refractivity (Wildman–Crippen MR) is 201 cm³/mol. The Balaban J connectivity index is 2.46. The topological polar surface area (TPSA) is 152 Å². The zero-order chi connectivity index (χ0) is 37.4. The molecule has 1 aliphatic rings. The fraction of sp³-hybridized carbons (Fsp3) is 0.707. The van der Waals surface area contributed by atoms with Crippen molar-refractivity contribution in [2.45, 2.75) is 166 Å². The van der Waals surface area contributed by atoms with Crippen LogP contribution in [0.15, 0.2) is 60.8 Å². The van der Waals surface area contributed by atoms with E-state index < -0.39 is 55.4 Å². The van der Waals surface area contributed by atoms with Gasteiger partial charge < -0.3 is 39.4 Å². The van der Waals surface area contributed by atoms with Crippen LogP contribution in [0.25, 0.3) is 0 Å².